The van der Waals surface area contributed by atoms with E-state index in [1.54, 1.807) is 6.20 Å². The third-order valence-corrected chi connectivity index (χ3v) is 4.02. The third-order valence-electron chi connectivity index (χ3n) is 4.02. The van der Waals surface area contributed by atoms with Crippen LogP contribution in [-0.2, 0) is 0 Å². The van der Waals surface area contributed by atoms with Crippen LogP contribution >= 0.6 is 0 Å². The molecule has 0 saturated carbocycles. The lowest BCUT2D eigenvalue weighted by Crippen LogP contribution is -2.14. The van der Waals surface area contributed by atoms with Crippen molar-refractivity contribution in [3.05, 3.63) is 71.7 Å². The van der Waals surface area contributed by atoms with E-state index in [9.17, 15) is 4.79 Å². The summed E-state index contributed by atoms with van der Waals surface area (Å²) < 4.78 is 0. The number of rotatable bonds is 5. The van der Waals surface area contributed by atoms with Crippen molar-refractivity contribution in [3.8, 4) is 0 Å². The van der Waals surface area contributed by atoms with Crippen molar-refractivity contribution >= 4 is 28.8 Å². The molecule has 0 saturated heterocycles. The average molecular weight is 361 g/mol. The number of carbonyl (C=O) groups is 1. The number of amides is 1. The molecule has 0 fully saturated rings. The summed E-state index contributed by atoms with van der Waals surface area (Å²) >= 11 is 0. The van der Waals surface area contributed by atoms with Crippen LogP contribution in [0.5, 0.6) is 0 Å². The summed E-state index contributed by atoms with van der Waals surface area (Å²) in [6.07, 6.45) is 3.02. The molecule has 1 heterocycles. The number of hydrogen-bond donors (Lipinski definition) is 2. The number of aromatic nitrogens is 2. The first-order chi connectivity index (χ1) is 12.9. The van der Waals surface area contributed by atoms with Crippen molar-refractivity contribution in [1.82, 2.24) is 9.97 Å². The Kier molecular flexibility index (Phi) is 5.35. The molecule has 2 aromatic carbocycles. The summed E-state index contributed by atoms with van der Waals surface area (Å²) in [4.78, 5) is 22.9. The Morgan fingerprint density at radius 2 is 1.56 bits per heavy atom. The first kappa shape index (κ1) is 18.4. The second-order valence-electron chi connectivity index (χ2n) is 6.68. The second kappa shape index (κ2) is 7.86. The molecule has 27 heavy (non-hydrogen) atoms. The number of nitrogens with zero attached hydrogens (tertiary/aromatic N) is 3. The Bertz CT molecular complexity index is 914. The quantitative estimate of drug-likeness (QED) is 0.714. The third kappa shape index (κ3) is 4.82. The van der Waals surface area contributed by atoms with Crippen LogP contribution in [0.15, 0.2) is 54.9 Å². The van der Waals surface area contributed by atoms with Crippen LogP contribution in [0.2, 0.25) is 0 Å². The molecular weight excluding hydrogens is 338 g/mol. The molecule has 0 radical (unpaired) electrons. The fourth-order valence-corrected chi connectivity index (χ4v) is 2.74. The zero-order valence-corrected chi connectivity index (χ0v) is 15.9. The maximum atomic E-state index is 12.4. The zero-order chi connectivity index (χ0) is 19.4. The normalized spacial score (nSPS) is 10.4. The van der Waals surface area contributed by atoms with Gasteiger partial charge in [0.25, 0.3) is 5.91 Å². The van der Waals surface area contributed by atoms with Crippen molar-refractivity contribution in [1.29, 1.82) is 0 Å². The van der Waals surface area contributed by atoms with Crippen LogP contribution in [0.3, 0.4) is 0 Å². The number of anilines is 4. The summed E-state index contributed by atoms with van der Waals surface area (Å²) in [5.74, 6) is 0.296. The minimum atomic E-state index is -0.283. The lowest BCUT2D eigenvalue weighted by Gasteiger charge is -2.13. The highest BCUT2D eigenvalue weighted by atomic mass is 16.1. The minimum absolute atomic E-state index is 0.266. The molecule has 1 aromatic heterocycles. The van der Waals surface area contributed by atoms with Gasteiger partial charge in [-0.15, -0.1) is 0 Å². The number of nitrogens with one attached hydrogen (secondary N) is 2. The van der Waals surface area contributed by atoms with Crippen LogP contribution in [0.4, 0.5) is 22.9 Å². The van der Waals surface area contributed by atoms with E-state index in [1.165, 1.54) is 6.20 Å². The van der Waals surface area contributed by atoms with Crippen molar-refractivity contribution < 1.29 is 4.79 Å². The van der Waals surface area contributed by atoms with Crippen LogP contribution < -0.4 is 15.5 Å². The Hall–Kier alpha value is -3.41. The van der Waals surface area contributed by atoms with E-state index in [2.05, 4.69) is 26.7 Å². The van der Waals surface area contributed by atoms with Crippen molar-refractivity contribution in [3.63, 3.8) is 0 Å². The molecule has 1 amide bonds. The molecule has 6 nitrogen and oxygen atoms in total. The standard InChI is InChI=1S/C21H23N5O/c1-14-9-15(2)11-17(10-14)25-21(27)19-12-23-20(13-22-19)24-16-5-7-18(8-6-16)26(3)4/h5-13H,1-4H3,(H,23,24)(H,25,27). The van der Waals surface area contributed by atoms with E-state index in [0.717, 1.165) is 28.2 Å². The van der Waals surface area contributed by atoms with Gasteiger partial charge in [-0.25, -0.2) is 9.97 Å². The van der Waals surface area contributed by atoms with Gasteiger partial charge in [0, 0.05) is 31.2 Å². The summed E-state index contributed by atoms with van der Waals surface area (Å²) in [7, 11) is 3.99. The van der Waals surface area contributed by atoms with E-state index >= 15 is 0 Å². The number of carbonyl (C=O) groups excluding carboxylic acids is 1. The van der Waals surface area contributed by atoms with Gasteiger partial charge in [-0.1, -0.05) is 6.07 Å². The SMILES string of the molecule is Cc1cc(C)cc(NC(=O)c2cnc(Nc3ccc(N(C)C)cc3)cn2)c1. The number of aryl methyl sites for hydroxylation is 2. The van der Waals surface area contributed by atoms with Crippen molar-refractivity contribution in [2.45, 2.75) is 13.8 Å². The topological polar surface area (TPSA) is 70.2 Å². The number of hydrogen-bond acceptors (Lipinski definition) is 5. The van der Waals surface area contributed by atoms with Crippen LogP contribution in [0, 0.1) is 13.8 Å². The molecule has 0 bridgehead atoms. The maximum absolute atomic E-state index is 12.4. The fourth-order valence-electron chi connectivity index (χ4n) is 2.74. The van der Waals surface area contributed by atoms with E-state index < -0.39 is 0 Å². The van der Waals surface area contributed by atoms with E-state index in [4.69, 9.17) is 0 Å². The van der Waals surface area contributed by atoms with Crippen LogP contribution in [0.25, 0.3) is 0 Å². The lowest BCUT2D eigenvalue weighted by atomic mass is 10.1. The Morgan fingerprint density at radius 1 is 0.889 bits per heavy atom. The summed E-state index contributed by atoms with van der Waals surface area (Å²) in [6.45, 7) is 3.99. The molecule has 0 aliphatic carbocycles. The maximum Gasteiger partial charge on any atom is 0.275 e. The molecule has 6 heteroatoms. The van der Waals surface area contributed by atoms with E-state index in [-0.39, 0.29) is 11.6 Å². The van der Waals surface area contributed by atoms with Gasteiger partial charge < -0.3 is 15.5 Å². The van der Waals surface area contributed by atoms with Gasteiger partial charge in [-0.3, -0.25) is 4.79 Å². The lowest BCUT2D eigenvalue weighted by molar-refractivity contribution is 0.102. The first-order valence-corrected chi connectivity index (χ1v) is 8.67. The zero-order valence-electron chi connectivity index (χ0n) is 15.9. The Morgan fingerprint density at radius 3 is 2.11 bits per heavy atom. The smallest absolute Gasteiger partial charge is 0.275 e. The number of benzene rings is 2. The van der Waals surface area contributed by atoms with Crippen molar-refractivity contribution in [2.24, 2.45) is 0 Å². The van der Waals surface area contributed by atoms with Gasteiger partial charge in [0.05, 0.1) is 12.4 Å². The molecule has 0 aliphatic rings. The van der Waals surface area contributed by atoms with Gasteiger partial charge in [-0.2, -0.15) is 0 Å². The molecule has 0 aliphatic heterocycles. The molecule has 2 N–H and O–H groups in total. The molecule has 0 atom stereocenters. The largest absolute Gasteiger partial charge is 0.378 e. The second-order valence-corrected chi connectivity index (χ2v) is 6.68. The molecule has 138 valence electrons. The molecule has 3 aromatic rings. The van der Waals surface area contributed by atoms with E-state index in [1.807, 2.05) is 69.2 Å². The van der Waals surface area contributed by atoms with E-state index in [0.29, 0.717) is 5.82 Å². The van der Waals surface area contributed by atoms with Gasteiger partial charge in [0.15, 0.2) is 0 Å². The molecular formula is C21H23N5O. The van der Waals surface area contributed by atoms with Crippen LogP contribution in [-0.4, -0.2) is 30.0 Å². The average Bonchev–Trinajstić information content (AvgIpc) is 2.62. The fraction of sp³-hybridized carbons (Fsp3) is 0.190. The summed E-state index contributed by atoms with van der Waals surface area (Å²) in [5.41, 5.74) is 5.23. The highest BCUT2D eigenvalue weighted by molar-refractivity contribution is 6.02. The summed E-state index contributed by atoms with van der Waals surface area (Å²) in [6, 6.07) is 13.9. The Balaban J connectivity index is 1.66. The monoisotopic (exact) mass is 361 g/mol. The Labute approximate surface area is 159 Å². The predicted molar refractivity (Wildman–Crippen MR) is 110 cm³/mol. The van der Waals surface area contributed by atoms with Crippen LogP contribution in [0.1, 0.15) is 21.6 Å². The van der Waals surface area contributed by atoms with Crippen molar-refractivity contribution in [2.75, 3.05) is 29.6 Å². The summed E-state index contributed by atoms with van der Waals surface area (Å²) in [5, 5.41) is 6.04. The molecule has 0 spiro atoms. The van der Waals surface area contributed by atoms with Gasteiger partial charge in [0.1, 0.15) is 11.5 Å². The van der Waals surface area contributed by atoms with Gasteiger partial charge in [-0.05, 0) is 61.4 Å². The molecule has 0 unspecified atom stereocenters. The van der Waals surface area contributed by atoms with Gasteiger partial charge >= 0.3 is 0 Å². The molecule has 3 rings (SSSR count). The highest BCUT2D eigenvalue weighted by Gasteiger charge is 2.09. The predicted octanol–water partition coefficient (Wildman–Crippen LogP) is 4.16. The highest BCUT2D eigenvalue weighted by Crippen LogP contribution is 2.19. The van der Waals surface area contributed by atoms with Gasteiger partial charge in [0.2, 0.25) is 0 Å². The minimum Gasteiger partial charge on any atom is -0.378 e. The first-order valence-electron chi connectivity index (χ1n) is 8.67.